The molecule has 0 fully saturated rings. The molecule has 2 rings (SSSR count). The molecule has 1 aromatic carbocycles. The molecule has 0 spiro atoms. The van der Waals surface area contributed by atoms with Crippen molar-refractivity contribution in [3.63, 3.8) is 0 Å². The topological polar surface area (TPSA) is 72.8 Å². The molecule has 0 saturated heterocycles. The number of ether oxygens (including phenoxy) is 2. The number of carbonyl (C=O) groups is 1. The number of anilines is 1. The van der Waals surface area contributed by atoms with Gasteiger partial charge in [-0.2, -0.15) is 5.10 Å². The minimum atomic E-state index is -0.277. The summed E-state index contributed by atoms with van der Waals surface area (Å²) in [6, 6.07) is 7.68. The molecule has 7 heteroatoms. The summed E-state index contributed by atoms with van der Waals surface area (Å²) in [5.41, 5.74) is 4.26. The number of rotatable bonds is 7. The summed E-state index contributed by atoms with van der Waals surface area (Å²) < 4.78 is 10.7. The fourth-order valence-corrected chi connectivity index (χ4v) is 2.60. The van der Waals surface area contributed by atoms with Crippen LogP contribution in [0.5, 0.6) is 5.75 Å². The second kappa shape index (κ2) is 8.62. The maximum atomic E-state index is 11.4. The molecular formula is C18H23N3O3S. The van der Waals surface area contributed by atoms with Gasteiger partial charge in [0.05, 0.1) is 24.9 Å². The molecule has 1 heterocycles. The lowest BCUT2D eigenvalue weighted by Crippen LogP contribution is -2.22. The van der Waals surface area contributed by atoms with E-state index >= 15 is 0 Å². The highest BCUT2D eigenvalue weighted by Gasteiger charge is 2.11. The van der Waals surface area contributed by atoms with Crippen molar-refractivity contribution >= 4 is 28.7 Å². The molecule has 0 radical (unpaired) electrons. The zero-order valence-corrected chi connectivity index (χ0v) is 15.7. The number of nitrogens with one attached hydrogen (secondary N) is 1. The van der Waals surface area contributed by atoms with E-state index in [1.807, 2.05) is 50.4 Å². The number of nitrogens with zero attached hydrogens (tertiary/aromatic N) is 2. The van der Waals surface area contributed by atoms with Gasteiger partial charge in [0.2, 0.25) is 5.13 Å². The van der Waals surface area contributed by atoms with Crippen LogP contribution in [0.3, 0.4) is 0 Å². The van der Waals surface area contributed by atoms with Crippen molar-refractivity contribution < 1.29 is 14.3 Å². The van der Waals surface area contributed by atoms with E-state index < -0.39 is 0 Å². The Kier molecular flexibility index (Phi) is 6.52. The van der Waals surface area contributed by atoms with E-state index in [2.05, 4.69) is 15.5 Å². The molecule has 0 aliphatic rings. The summed E-state index contributed by atoms with van der Waals surface area (Å²) in [4.78, 5) is 15.7. The number of benzene rings is 1. The van der Waals surface area contributed by atoms with Crippen LogP contribution in [0.2, 0.25) is 0 Å². The van der Waals surface area contributed by atoms with Gasteiger partial charge in [0.15, 0.2) is 0 Å². The Bertz CT molecular complexity index is 718. The van der Waals surface area contributed by atoms with Crippen molar-refractivity contribution in [3.8, 4) is 5.75 Å². The minimum absolute atomic E-state index is 0.172. The summed E-state index contributed by atoms with van der Waals surface area (Å²) in [5.74, 6) is 0.543. The molecule has 0 saturated carbocycles. The number of thiazole rings is 1. The first-order chi connectivity index (χ1) is 11.9. The monoisotopic (exact) mass is 361 g/mol. The van der Waals surface area contributed by atoms with Crippen molar-refractivity contribution in [1.29, 1.82) is 0 Å². The van der Waals surface area contributed by atoms with Gasteiger partial charge in [-0.05, 0) is 57.5 Å². The SMILES string of the molecule is CCOC(=O)Cc1csc(N/N=C\c2ccc(OC(C)(C)C)cc2)n1. The van der Waals surface area contributed by atoms with E-state index in [1.165, 1.54) is 11.3 Å². The van der Waals surface area contributed by atoms with Crippen LogP contribution in [-0.4, -0.2) is 29.4 Å². The summed E-state index contributed by atoms with van der Waals surface area (Å²) in [6.45, 7) is 8.18. The molecule has 0 aliphatic carbocycles. The Morgan fingerprint density at radius 3 is 2.68 bits per heavy atom. The number of aromatic nitrogens is 1. The lowest BCUT2D eigenvalue weighted by atomic mass is 10.2. The first-order valence-electron chi connectivity index (χ1n) is 8.04. The second-order valence-corrected chi connectivity index (χ2v) is 7.14. The van der Waals surface area contributed by atoms with Crippen LogP contribution in [0.15, 0.2) is 34.7 Å². The molecule has 0 atom stereocenters. The summed E-state index contributed by atoms with van der Waals surface area (Å²) in [6.07, 6.45) is 1.87. The van der Waals surface area contributed by atoms with Gasteiger partial charge < -0.3 is 9.47 Å². The summed E-state index contributed by atoms with van der Waals surface area (Å²) in [7, 11) is 0. The molecule has 1 aromatic heterocycles. The van der Waals surface area contributed by atoms with Crippen LogP contribution in [0.1, 0.15) is 39.0 Å². The fraction of sp³-hybridized carbons (Fsp3) is 0.389. The summed E-state index contributed by atoms with van der Waals surface area (Å²) in [5, 5.41) is 6.60. The van der Waals surface area contributed by atoms with E-state index in [4.69, 9.17) is 9.47 Å². The number of hydrogen-bond donors (Lipinski definition) is 1. The van der Waals surface area contributed by atoms with Crippen molar-refractivity contribution in [2.75, 3.05) is 12.0 Å². The van der Waals surface area contributed by atoms with Crippen molar-refractivity contribution in [2.24, 2.45) is 5.10 Å². The lowest BCUT2D eigenvalue weighted by Gasteiger charge is -2.21. The molecule has 134 valence electrons. The highest BCUT2D eigenvalue weighted by Crippen LogP contribution is 2.18. The first kappa shape index (κ1) is 18.9. The Balaban J connectivity index is 1.86. The third kappa shape index (κ3) is 6.93. The molecule has 25 heavy (non-hydrogen) atoms. The molecule has 0 bridgehead atoms. The van der Waals surface area contributed by atoms with Gasteiger partial charge in [-0.3, -0.25) is 10.2 Å². The quantitative estimate of drug-likeness (QED) is 0.460. The molecule has 6 nitrogen and oxygen atoms in total. The highest BCUT2D eigenvalue weighted by atomic mass is 32.1. The van der Waals surface area contributed by atoms with Gasteiger partial charge in [0, 0.05) is 5.38 Å². The molecular weight excluding hydrogens is 338 g/mol. The van der Waals surface area contributed by atoms with E-state index in [-0.39, 0.29) is 18.0 Å². The van der Waals surface area contributed by atoms with E-state index in [0.29, 0.717) is 17.4 Å². The van der Waals surface area contributed by atoms with Gasteiger partial charge in [0.25, 0.3) is 0 Å². The van der Waals surface area contributed by atoms with E-state index in [1.54, 1.807) is 13.1 Å². The van der Waals surface area contributed by atoms with Gasteiger partial charge >= 0.3 is 5.97 Å². The van der Waals surface area contributed by atoms with Gasteiger partial charge in [-0.15, -0.1) is 11.3 Å². The Morgan fingerprint density at radius 1 is 1.32 bits per heavy atom. The second-order valence-electron chi connectivity index (χ2n) is 6.28. The molecule has 2 aromatic rings. The Morgan fingerprint density at radius 2 is 2.04 bits per heavy atom. The van der Waals surface area contributed by atoms with E-state index in [0.717, 1.165) is 11.3 Å². The predicted molar refractivity (Wildman–Crippen MR) is 100 cm³/mol. The normalized spacial score (nSPS) is 11.5. The Labute approximate surface area is 151 Å². The maximum Gasteiger partial charge on any atom is 0.311 e. The number of hydrazone groups is 1. The average Bonchev–Trinajstić information content (AvgIpc) is 2.95. The third-order valence-corrected chi connectivity index (χ3v) is 3.66. The first-order valence-corrected chi connectivity index (χ1v) is 8.92. The standard InChI is InChI=1S/C18H23N3O3S/c1-5-23-16(22)10-14-12-25-17(20-14)21-19-11-13-6-8-15(9-7-13)24-18(2,3)4/h6-9,11-12H,5,10H2,1-4H3,(H,20,21)/b19-11-. The molecule has 1 N–H and O–H groups in total. The molecule has 0 aliphatic heterocycles. The largest absolute Gasteiger partial charge is 0.488 e. The lowest BCUT2D eigenvalue weighted by molar-refractivity contribution is -0.142. The van der Waals surface area contributed by atoms with Crippen molar-refractivity contribution in [1.82, 2.24) is 4.98 Å². The predicted octanol–water partition coefficient (Wildman–Crippen LogP) is 3.87. The molecule has 0 amide bonds. The summed E-state index contributed by atoms with van der Waals surface area (Å²) >= 11 is 1.39. The Hall–Kier alpha value is -2.41. The smallest absolute Gasteiger partial charge is 0.311 e. The fourth-order valence-electron chi connectivity index (χ4n) is 1.94. The van der Waals surface area contributed by atoms with Gasteiger partial charge in [0.1, 0.15) is 11.4 Å². The van der Waals surface area contributed by atoms with Crippen molar-refractivity contribution in [2.45, 2.75) is 39.7 Å². The third-order valence-electron chi connectivity index (χ3n) is 2.86. The number of carbonyl (C=O) groups excluding carboxylic acids is 1. The minimum Gasteiger partial charge on any atom is -0.488 e. The van der Waals surface area contributed by atoms with Crippen LogP contribution in [0.4, 0.5) is 5.13 Å². The number of hydrogen-bond acceptors (Lipinski definition) is 7. The van der Waals surface area contributed by atoms with Crippen LogP contribution in [0.25, 0.3) is 0 Å². The van der Waals surface area contributed by atoms with Crippen LogP contribution < -0.4 is 10.2 Å². The highest BCUT2D eigenvalue weighted by molar-refractivity contribution is 7.13. The zero-order valence-electron chi connectivity index (χ0n) is 14.9. The van der Waals surface area contributed by atoms with Crippen LogP contribution >= 0.6 is 11.3 Å². The average molecular weight is 361 g/mol. The number of esters is 1. The zero-order chi connectivity index (χ0) is 18.3. The van der Waals surface area contributed by atoms with Gasteiger partial charge in [-0.1, -0.05) is 0 Å². The molecule has 0 unspecified atom stereocenters. The van der Waals surface area contributed by atoms with Crippen molar-refractivity contribution in [3.05, 3.63) is 40.9 Å². The van der Waals surface area contributed by atoms with Crippen LogP contribution in [-0.2, 0) is 16.0 Å². The maximum absolute atomic E-state index is 11.4. The van der Waals surface area contributed by atoms with E-state index in [9.17, 15) is 4.79 Å². The van der Waals surface area contributed by atoms with Crippen LogP contribution in [0, 0.1) is 0 Å². The van der Waals surface area contributed by atoms with Gasteiger partial charge in [-0.25, -0.2) is 4.98 Å².